The van der Waals surface area contributed by atoms with Crippen LogP contribution < -0.4 is 4.74 Å². The molecule has 5 heteroatoms. The zero-order chi connectivity index (χ0) is 15.4. The lowest BCUT2D eigenvalue weighted by atomic mass is 10.1. The maximum Gasteiger partial charge on any atom is 0.180 e. The Morgan fingerprint density at radius 3 is 2.67 bits per heavy atom. The normalized spacial score (nSPS) is 23.0. The first-order chi connectivity index (χ1) is 9.99. The molecule has 1 fully saturated rings. The number of hydrogen-bond acceptors (Lipinski definition) is 4. The van der Waals surface area contributed by atoms with Crippen LogP contribution in [0.3, 0.4) is 0 Å². The predicted molar refractivity (Wildman–Crippen MR) is 83.4 cm³/mol. The number of Topliss-reactive ketones (excluding diaryl/α,β-unsaturated/α-hetero) is 1. The van der Waals surface area contributed by atoms with Crippen molar-refractivity contribution >= 4 is 17.4 Å². The van der Waals surface area contributed by atoms with Gasteiger partial charge in [0.25, 0.3) is 0 Å². The van der Waals surface area contributed by atoms with Gasteiger partial charge in [-0.2, -0.15) is 0 Å². The molecule has 21 heavy (non-hydrogen) atoms. The minimum atomic E-state index is 0.0299. The summed E-state index contributed by atoms with van der Waals surface area (Å²) in [5, 5.41) is 0.547. The van der Waals surface area contributed by atoms with Crippen LogP contribution in [0.15, 0.2) is 18.2 Å². The molecule has 0 aliphatic carbocycles. The third-order valence-corrected chi connectivity index (χ3v) is 3.64. The average Bonchev–Trinajstić information content (AvgIpc) is 2.39. The molecule has 0 bridgehead atoms. The molecule has 0 aromatic heterocycles. The SMILES string of the molecule is CCOc1ccc(Cl)cc1C(=O)CN1CC(C)OC(C)C1. The Kier molecular flexibility index (Phi) is 5.62. The molecule has 0 spiro atoms. The van der Waals surface area contributed by atoms with Crippen LogP contribution in [0.4, 0.5) is 0 Å². The minimum absolute atomic E-state index is 0.0299. The average molecular weight is 312 g/mol. The second-order valence-corrected chi connectivity index (χ2v) is 5.88. The molecule has 116 valence electrons. The standard InChI is InChI=1S/C16H22ClNO3/c1-4-20-16-6-5-13(17)7-14(16)15(19)10-18-8-11(2)21-12(3)9-18/h5-7,11-12H,4,8-10H2,1-3H3. The molecule has 1 aromatic rings. The summed E-state index contributed by atoms with van der Waals surface area (Å²) in [5.74, 6) is 0.628. The zero-order valence-corrected chi connectivity index (χ0v) is 13.5. The molecule has 1 aliphatic heterocycles. The summed E-state index contributed by atoms with van der Waals surface area (Å²) in [4.78, 5) is 14.7. The first kappa shape index (κ1) is 16.3. The Labute approximate surface area is 131 Å². The fourth-order valence-electron chi connectivity index (χ4n) is 2.70. The smallest absolute Gasteiger partial charge is 0.180 e. The zero-order valence-electron chi connectivity index (χ0n) is 12.8. The number of carbonyl (C=O) groups excluding carboxylic acids is 1. The van der Waals surface area contributed by atoms with Gasteiger partial charge < -0.3 is 9.47 Å². The second kappa shape index (κ2) is 7.25. The molecule has 1 saturated heterocycles. The van der Waals surface area contributed by atoms with Gasteiger partial charge >= 0.3 is 0 Å². The molecular weight excluding hydrogens is 290 g/mol. The van der Waals surface area contributed by atoms with Crippen molar-refractivity contribution in [2.45, 2.75) is 33.0 Å². The van der Waals surface area contributed by atoms with E-state index in [0.29, 0.717) is 29.5 Å². The van der Waals surface area contributed by atoms with Gasteiger partial charge in [-0.05, 0) is 39.0 Å². The van der Waals surface area contributed by atoms with Gasteiger partial charge in [-0.3, -0.25) is 9.69 Å². The number of morpholine rings is 1. The first-order valence-corrected chi connectivity index (χ1v) is 7.70. The molecule has 4 nitrogen and oxygen atoms in total. The van der Waals surface area contributed by atoms with E-state index in [-0.39, 0.29) is 18.0 Å². The second-order valence-electron chi connectivity index (χ2n) is 5.45. The summed E-state index contributed by atoms with van der Waals surface area (Å²) in [6, 6.07) is 5.17. The summed E-state index contributed by atoms with van der Waals surface area (Å²) >= 11 is 6.01. The van der Waals surface area contributed by atoms with E-state index < -0.39 is 0 Å². The number of halogens is 1. The third-order valence-electron chi connectivity index (χ3n) is 3.40. The van der Waals surface area contributed by atoms with Gasteiger partial charge in [-0.25, -0.2) is 0 Å². The summed E-state index contributed by atoms with van der Waals surface area (Å²) in [7, 11) is 0. The molecular formula is C16H22ClNO3. The molecule has 2 rings (SSSR count). The van der Waals surface area contributed by atoms with Gasteiger partial charge in [0.05, 0.1) is 30.9 Å². The third kappa shape index (κ3) is 4.43. The molecule has 1 aromatic carbocycles. The van der Waals surface area contributed by atoms with Crippen molar-refractivity contribution < 1.29 is 14.3 Å². The largest absolute Gasteiger partial charge is 0.493 e. The monoisotopic (exact) mass is 311 g/mol. The predicted octanol–water partition coefficient (Wildman–Crippen LogP) is 3.03. The maximum absolute atomic E-state index is 12.6. The molecule has 0 N–H and O–H groups in total. The van der Waals surface area contributed by atoms with E-state index in [1.54, 1.807) is 18.2 Å². The van der Waals surface area contributed by atoms with Crippen LogP contribution >= 0.6 is 11.6 Å². The van der Waals surface area contributed by atoms with Crippen LogP contribution in [-0.4, -0.2) is 49.1 Å². The van der Waals surface area contributed by atoms with Crippen molar-refractivity contribution in [2.24, 2.45) is 0 Å². The van der Waals surface area contributed by atoms with Crippen molar-refractivity contribution in [1.29, 1.82) is 0 Å². The van der Waals surface area contributed by atoms with Gasteiger partial charge in [0.2, 0.25) is 0 Å². The summed E-state index contributed by atoms with van der Waals surface area (Å²) in [5.41, 5.74) is 0.552. The number of ether oxygens (including phenoxy) is 2. The lowest BCUT2D eigenvalue weighted by Gasteiger charge is -2.34. The van der Waals surface area contributed by atoms with E-state index in [9.17, 15) is 4.79 Å². The fraction of sp³-hybridized carbons (Fsp3) is 0.562. The van der Waals surface area contributed by atoms with Crippen molar-refractivity contribution in [1.82, 2.24) is 4.90 Å². The number of hydrogen-bond donors (Lipinski definition) is 0. The Morgan fingerprint density at radius 2 is 2.05 bits per heavy atom. The van der Waals surface area contributed by atoms with E-state index in [0.717, 1.165) is 13.1 Å². The van der Waals surface area contributed by atoms with Crippen molar-refractivity contribution in [3.8, 4) is 5.75 Å². The van der Waals surface area contributed by atoms with E-state index in [4.69, 9.17) is 21.1 Å². The van der Waals surface area contributed by atoms with Gasteiger partial charge in [0, 0.05) is 18.1 Å². The first-order valence-electron chi connectivity index (χ1n) is 7.33. The Hall–Kier alpha value is -1.10. The molecule has 2 atom stereocenters. The highest BCUT2D eigenvalue weighted by atomic mass is 35.5. The minimum Gasteiger partial charge on any atom is -0.493 e. The van der Waals surface area contributed by atoms with Crippen molar-refractivity contribution in [3.63, 3.8) is 0 Å². The quantitative estimate of drug-likeness (QED) is 0.784. The van der Waals surface area contributed by atoms with Crippen LogP contribution in [0.1, 0.15) is 31.1 Å². The number of rotatable bonds is 5. The van der Waals surface area contributed by atoms with Crippen LogP contribution in [-0.2, 0) is 4.74 Å². The van der Waals surface area contributed by atoms with E-state index >= 15 is 0 Å². The number of benzene rings is 1. The number of carbonyl (C=O) groups is 1. The highest BCUT2D eigenvalue weighted by Crippen LogP contribution is 2.24. The van der Waals surface area contributed by atoms with Gasteiger partial charge in [0.15, 0.2) is 5.78 Å². The van der Waals surface area contributed by atoms with Crippen LogP contribution in [0.5, 0.6) is 5.75 Å². The topological polar surface area (TPSA) is 38.8 Å². The number of ketones is 1. The number of nitrogens with zero attached hydrogens (tertiary/aromatic N) is 1. The maximum atomic E-state index is 12.6. The highest BCUT2D eigenvalue weighted by Gasteiger charge is 2.25. The Balaban J connectivity index is 2.10. The molecule has 2 unspecified atom stereocenters. The Bertz CT molecular complexity index is 496. The van der Waals surface area contributed by atoms with Crippen molar-refractivity contribution in [2.75, 3.05) is 26.2 Å². The van der Waals surface area contributed by atoms with Gasteiger partial charge in [0.1, 0.15) is 5.75 Å². The summed E-state index contributed by atoms with van der Waals surface area (Å²) < 4.78 is 11.2. The highest BCUT2D eigenvalue weighted by molar-refractivity contribution is 6.31. The fourth-order valence-corrected chi connectivity index (χ4v) is 2.88. The van der Waals surface area contributed by atoms with Crippen molar-refractivity contribution in [3.05, 3.63) is 28.8 Å². The molecule has 0 saturated carbocycles. The van der Waals surface area contributed by atoms with E-state index in [1.807, 2.05) is 20.8 Å². The van der Waals surface area contributed by atoms with E-state index in [1.165, 1.54) is 0 Å². The van der Waals surface area contributed by atoms with Crippen LogP contribution in [0, 0.1) is 0 Å². The molecule has 0 amide bonds. The van der Waals surface area contributed by atoms with Crippen LogP contribution in [0.2, 0.25) is 5.02 Å². The van der Waals surface area contributed by atoms with Gasteiger partial charge in [-0.1, -0.05) is 11.6 Å². The molecule has 1 aliphatic rings. The lowest BCUT2D eigenvalue weighted by molar-refractivity contribution is -0.0652. The summed E-state index contributed by atoms with van der Waals surface area (Å²) in [6.45, 7) is 8.36. The van der Waals surface area contributed by atoms with Gasteiger partial charge in [-0.15, -0.1) is 0 Å². The molecule has 0 radical (unpaired) electrons. The molecule has 1 heterocycles. The lowest BCUT2D eigenvalue weighted by Crippen LogP contribution is -2.47. The Morgan fingerprint density at radius 1 is 1.38 bits per heavy atom. The summed E-state index contributed by atoms with van der Waals surface area (Å²) in [6.07, 6.45) is 0.291. The van der Waals surface area contributed by atoms with Crippen LogP contribution in [0.25, 0.3) is 0 Å². The van der Waals surface area contributed by atoms with E-state index in [2.05, 4.69) is 4.90 Å².